The molecule has 0 aliphatic carbocycles. The molecule has 0 aliphatic heterocycles. The standard InChI is InChI=1S/C16H19ClN4O/c1-21(2)14(11-6-4-3-5-7-11)10-20-16-13(17)8-12(9-19-16)15(18)22/h3-9,14H,10H2,1-2H3,(H2,18,22)(H,19,20)/t14-/m0/s1. The Hall–Kier alpha value is -2.11. The topological polar surface area (TPSA) is 71.2 Å². The Morgan fingerprint density at radius 2 is 2.05 bits per heavy atom. The smallest absolute Gasteiger partial charge is 0.250 e. The highest BCUT2D eigenvalue weighted by Gasteiger charge is 2.15. The highest BCUT2D eigenvalue weighted by Crippen LogP contribution is 2.23. The molecule has 2 aromatic rings. The first-order valence-electron chi connectivity index (χ1n) is 6.89. The molecule has 1 aromatic heterocycles. The maximum absolute atomic E-state index is 11.1. The number of aromatic nitrogens is 1. The van der Waals surface area contributed by atoms with Crippen molar-refractivity contribution in [2.45, 2.75) is 6.04 Å². The normalized spacial score (nSPS) is 12.2. The van der Waals surface area contributed by atoms with Gasteiger partial charge in [0.2, 0.25) is 5.91 Å². The number of carbonyl (C=O) groups is 1. The van der Waals surface area contributed by atoms with E-state index in [0.29, 0.717) is 22.9 Å². The van der Waals surface area contributed by atoms with Crippen LogP contribution in [0, 0.1) is 0 Å². The van der Waals surface area contributed by atoms with Crippen molar-refractivity contribution in [2.24, 2.45) is 5.73 Å². The third-order valence-electron chi connectivity index (χ3n) is 3.40. The molecule has 0 saturated heterocycles. The Morgan fingerprint density at radius 3 is 2.59 bits per heavy atom. The lowest BCUT2D eigenvalue weighted by Crippen LogP contribution is -2.27. The molecule has 0 aliphatic rings. The molecule has 0 spiro atoms. The zero-order valence-electron chi connectivity index (χ0n) is 12.6. The number of likely N-dealkylation sites (N-methyl/N-ethyl adjacent to an activating group) is 1. The average molecular weight is 319 g/mol. The van der Waals surface area contributed by atoms with Crippen molar-refractivity contribution in [3.8, 4) is 0 Å². The Bertz CT molecular complexity index is 646. The summed E-state index contributed by atoms with van der Waals surface area (Å²) in [5, 5.41) is 3.60. The molecule has 0 radical (unpaired) electrons. The molecule has 1 aromatic carbocycles. The second kappa shape index (κ2) is 7.24. The molecule has 116 valence electrons. The highest BCUT2D eigenvalue weighted by atomic mass is 35.5. The van der Waals surface area contributed by atoms with Crippen LogP contribution in [0.2, 0.25) is 5.02 Å². The van der Waals surface area contributed by atoms with Crippen molar-refractivity contribution >= 4 is 23.3 Å². The van der Waals surface area contributed by atoms with Gasteiger partial charge < -0.3 is 16.0 Å². The number of hydrogen-bond donors (Lipinski definition) is 2. The molecular formula is C16H19ClN4O. The van der Waals surface area contributed by atoms with Gasteiger partial charge in [0.25, 0.3) is 0 Å². The van der Waals surface area contributed by atoms with Crippen LogP contribution in [-0.4, -0.2) is 36.4 Å². The second-order valence-corrected chi connectivity index (χ2v) is 5.60. The molecule has 0 fully saturated rings. The second-order valence-electron chi connectivity index (χ2n) is 5.19. The lowest BCUT2D eigenvalue weighted by Gasteiger charge is -2.25. The Balaban J connectivity index is 2.12. The van der Waals surface area contributed by atoms with E-state index in [1.807, 2.05) is 32.3 Å². The number of nitrogens with two attached hydrogens (primary N) is 1. The van der Waals surface area contributed by atoms with Crippen molar-refractivity contribution in [1.29, 1.82) is 0 Å². The lowest BCUT2D eigenvalue weighted by molar-refractivity contribution is 0.1000. The predicted octanol–water partition coefficient (Wildman–Crippen LogP) is 2.55. The number of anilines is 1. The SMILES string of the molecule is CN(C)[C@@H](CNc1ncc(C(N)=O)cc1Cl)c1ccccc1. The lowest BCUT2D eigenvalue weighted by atomic mass is 10.1. The Morgan fingerprint density at radius 1 is 1.36 bits per heavy atom. The fraction of sp³-hybridized carbons (Fsp3) is 0.250. The summed E-state index contributed by atoms with van der Waals surface area (Å²) in [6, 6.07) is 11.9. The van der Waals surface area contributed by atoms with Crippen molar-refractivity contribution in [2.75, 3.05) is 26.0 Å². The van der Waals surface area contributed by atoms with E-state index in [1.54, 1.807) is 0 Å². The summed E-state index contributed by atoms with van der Waals surface area (Å²) in [5.74, 6) is -0.00847. The van der Waals surface area contributed by atoms with E-state index >= 15 is 0 Å². The number of halogens is 1. The number of benzene rings is 1. The molecule has 3 N–H and O–H groups in total. The summed E-state index contributed by atoms with van der Waals surface area (Å²) in [7, 11) is 4.04. The van der Waals surface area contributed by atoms with Gasteiger partial charge in [-0.25, -0.2) is 4.98 Å². The molecular weight excluding hydrogens is 300 g/mol. The summed E-state index contributed by atoms with van der Waals surface area (Å²) >= 11 is 6.14. The minimum absolute atomic E-state index is 0.176. The van der Waals surface area contributed by atoms with E-state index in [0.717, 1.165) is 0 Å². The van der Waals surface area contributed by atoms with E-state index in [9.17, 15) is 4.79 Å². The van der Waals surface area contributed by atoms with Gasteiger partial charge in [-0.2, -0.15) is 0 Å². The van der Waals surface area contributed by atoms with Crippen molar-refractivity contribution in [3.05, 3.63) is 58.7 Å². The predicted molar refractivity (Wildman–Crippen MR) is 89.1 cm³/mol. The number of amides is 1. The van der Waals surface area contributed by atoms with Crippen LogP contribution >= 0.6 is 11.6 Å². The van der Waals surface area contributed by atoms with E-state index in [-0.39, 0.29) is 6.04 Å². The summed E-state index contributed by atoms with van der Waals surface area (Å²) in [5.41, 5.74) is 6.70. The largest absolute Gasteiger partial charge is 0.367 e. The van der Waals surface area contributed by atoms with Gasteiger partial charge in [-0.3, -0.25) is 4.79 Å². The van der Waals surface area contributed by atoms with E-state index in [4.69, 9.17) is 17.3 Å². The fourth-order valence-corrected chi connectivity index (χ4v) is 2.40. The van der Waals surface area contributed by atoms with Crippen LogP contribution in [0.15, 0.2) is 42.6 Å². The molecule has 1 heterocycles. The maximum Gasteiger partial charge on any atom is 0.250 e. The van der Waals surface area contributed by atoms with Crippen LogP contribution in [0.1, 0.15) is 22.0 Å². The highest BCUT2D eigenvalue weighted by molar-refractivity contribution is 6.33. The summed E-state index contributed by atoms with van der Waals surface area (Å²) < 4.78 is 0. The Kier molecular flexibility index (Phi) is 5.35. The minimum atomic E-state index is -0.545. The number of pyridine rings is 1. The molecule has 5 nitrogen and oxygen atoms in total. The fourth-order valence-electron chi connectivity index (χ4n) is 2.17. The molecule has 0 unspecified atom stereocenters. The number of nitrogens with zero attached hydrogens (tertiary/aromatic N) is 2. The van der Waals surface area contributed by atoms with Crippen LogP contribution in [0.3, 0.4) is 0 Å². The van der Waals surface area contributed by atoms with E-state index < -0.39 is 5.91 Å². The van der Waals surface area contributed by atoms with Gasteiger partial charge in [-0.15, -0.1) is 0 Å². The summed E-state index contributed by atoms with van der Waals surface area (Å²) in [6.45, 7) is 0.639. The molecule has 0 bridgehead atoms. The number of carbonyl (C=O) groups excluding carboxylic acids is 1. The van der Waals surface area contributed by atoms with Gasteiger partial charge >= 0.3 is 0 Å². The van der Waals surface area contributed by atoms with Gasteiger partial charge in [0, 0.05) is 12.7 Å². The van der Waals surface area contributed by atoms with Crippen LogP contribution < -0.4 is 11.1 Å². The number of primary amides is 1. The molecule has 6 heteroatoms. The number of rotatable bonds is 6. The zero-order chi connectivity index (χ0) is 16.1. The van der Waals surface area contributed by atoms with Crippen LogP contribution in [0.5, 0.6) is 0 Å². The van der Waals surface area contributed by atoms with Crippen molar-refractivity contribution in [1.82, 2.24) is 9.88 Å². The van der Waals surface area contributed by atoms with Gasteiger partial charge in [0.05, 0.1) is 16.6 Å². The van der Waals surface area contributed by atoms with Crippen molar-refractivity contribution in [3.63, 3.8) is 0 Å². The summed E-state index contributed by atoms with van der Waals surface area (Å²) in [4.78, 5) is 17.4. The van der Waals surface area contributed by atoms with Gasteiger partial charge in [0.15, 0.2) is 0 Å². The first-order chi connectivity index (χ1) is 10.5. The maximum atomic E-state index is 11.1. The summed E-state index contributed by atoms with van der Waals surface area (Å²) in [6.07, 6.45) is 1.42. The molecule has 0 saturated carbocycles. The number of nitrogens with one attached hydrogen (secondary N) is 1. The van der Waals surface area contributed by atoms with Gasteiger partial charge in [-0.05, 0) is 25.7 Å². The average Bonchev–Trinajstić information content (AvgIpc) is 2.49. The van der Waals surface area contributed by atoms with Crippen LogP contribution in [0.4, 0.5) is 5.82 Å². The Labute approximate surface area is 135 Å². The third kappa shape index (κ3) is 3.96. The van der Waals surface area contributed by atoms with Crippen molar-refractivity contribution < 1.29 is 4.79 Å². The van der Waals surface area contributed by atoms with Gasteiger partial charge in [-0.1, -0.05) is 41.9 Å². The molecule has 22 heavy (non-hydrogen) atoms. The van der Waals surface area contributed by atoms with E-state index in [1.165, 1.54) is 17.8 Å². The third-order valence-corrected chi connectivity index (χ3v) is 3.68. The first-order valence-corrected chi connectivity index (χ1v) is 7.27. The van der Waals surface area contributed by atoms with E-state index in [2.05, 4.69) is 27.3 Å². The van der Waals surface area contributed by atoms with Crippen LogP contribution in [-0.2, 0) is 0 Å². The molecule has 1 atom stereocenters. The monoisotopic (exact) mass is 318 g/mol. The molecule has 2 rings (SSSR count). The number of hydrogen-bond acceptors (Lipinski definition) is 4. The molecule has 1 amide bonds. The van der Waals surface area contributed by atoms with Crippen LogP contribution in [0.25, 0.3) is 0 Å². The minimum Gasteiger partial charge on any atom is -0.367 e. The first kappa shape index (κ1) is 16.3. The zero-order valence-corrected chi connectivity index (χ0v) is 13.3. The van der Waals surface area contributed by atoms with Gasteiger partial charge in [0.1, 0.15) is 5.82 Å². The quantitative estimate of drug-likeness (QED) is 0.858.